The van der Waals surface area contributed by atoms with Crippen LogP contribution in [-0.4, -0.2) is 11.0 Å². The second-order valence-electron chi connectivity index (χ2n) is 4.35. The van der Waals surface area contributed by atoms with Crippen LogP contribution in [0.3, 0.4) is 0 Å². The van der Waals surface area contributed by atoms with Crippen molar-refractivity contribution in [2.45, 2.75) is 0 Å². The third-order valence-corrected chi connectivity index (χ3v) is 4.27. The Morgan fingerprint density at radius 1 is 1.27 bits per heavy atom. The predicted molar refractivity (Wildman–Crippen MR) is 88.4 cm³/mol. The van der Waals surface area contributed by atoms with Gasteiger partial charge in [-0.25, -0.2) is 14.2 Å². The minimum atomic E-state index is -0.652. The summed E-state index contributed by atoms with van der Waals surface area (Å²) < 4.78 is 20.1. The van der Waals surface area contributed by atoms with Crippen molar-refractivity contribution in [3.8, 4) is 5.75 Å². The molecule has 22 heavy (non-hydrogen) atoms. The number of carbonyl (C=O) groups excluding carboxylic acids is 1. The van der Waals surface area contributed by atoms with Crippen LogP contribution in [-0.2, 0) is 4.79 Å². The Bertz CT molecular complexity index is 842. The highest BCUT2D eigenvalue weighted by Crippen LogP contribution is 2.23. The van der Waals surface area contributed by atoms with Gasteiger partial charge in [0.15, 0.2) is 11.6 Å². The molecule has 0 aliphatic rings. The highest BCUT2D eigenvalue weighted by molar-refractivity contribution is 9.10. The van der Waals surface area contributed by atoms with Crippen LogP contribution in [0.5, 0.6) is 5.75 Å². The van der Waals surface area contributed by atoms with Crippen LogP contribution >= 0.6 is 27.3 Å². The normalized spacial score (nSPS) is 11.2. The van der Waals surface area contributed by atoms with Crippen molar-refractivity contribution in [2.75, 3.05) is 0 Å². The number of hydrogen-bond acceptors (Lipinski definition) is 4. The molecule has 0 spiro atoms. The minimum Gasteiger partial charge on any atom is -0.420 e. The molecule has 2 aromatic carbocycles. The van der Waals surface area contributed by atoms with E-state index in [9.17, 15) is 9.18 Å². The summed E-state index contributed by atoms with van der Waals surface area (Å²) >= 11 is 4.60. The fraction of sp³-hybridized carbons (Fsp3) is 0. The molecule has 3 aromatic rings. The summed E-state index contributed by atoms with van der Waals surface area (Å²) in [6.07, 6.45) is 2.79. The molecule has 0 radical (unpaired) electrons. The number of benzene rings is 2. The first-order chi connectivity index (χ1) is 10.6. The largest absolute Gasteiger partial charge is 0.420 e. The van der Waals surface area contributed by atoms with Crippen molar-refractivity contribution in [1.82, 2.24) is 4.98 Å². The summed E-state index contributed by atoms with van der Waals surface area (Å²) in [4.78, 5) is 16.1. The van der Waals surface area contributed by atoms with E-state index in [4.69, 9.17) is 4.74 Å². The molecule has 0 aliphatic heterocycles. The number of hydrogen-bond donors (Lipinski definition) is 0. The average Bonchev–Trinajstić information content (AvgIpc) is 2.91. The first-order valence-corrected chi connectivity index (χ1v) is 7.93. The van der Waals surface area contributed by atoms with Crippen LogP contribution in [0.15, 0.2) is 53.0 Å². The van der Waals surface area contributed by atoms with Gasteiger partial charge in [-0.2, -0.15) is 0 Å². The SMILES string of the molecule is O=C(/C=C/c1nc2ccccc2s1)Oc1ccc(Br)cc1F. The maximum absolute atomic E-state index is 13.6. The molecule has 0 saturated heterocycles. The molecule has 0 N–H and O–H groups in total. The van der Waals surface area contributed by atoms with Crippen molar-refractivity contribution in [3.05, 3.63) is 63.8 Å². The van der Waals surface area contributed by atoms with Gasteiger partial charge in [0.1, 0.15) is 5.01 Å². The fourth-order valence-corrected chi connectivity index (χ4v) is 3.00. The second kappa shape index (κ2) is 6.37. The van der Waals surface area contributed by atoms with Gasteiger partial charge in [-0.05, 0) is 36.4 Å². The van der Waals surface area contributed by atoms with Crippen molar-refractivity contribution >= 4 is 49.5 Å². The lowest BCUT2D eigenvalue weighted by Crippen LogP contribution is -2.05. The zero-order chi connectivity index (χ0) is 15.5. The van der Waals surface area contributed by atoms with Gasteiger partial charge < -0.3 is 4.74 Å². The molecule has 3 rings (SSSR count). The molecule has 0 unspecified atom stereocenters. The third-order valence-electron chi connectivity index (χ3n) is 2.78. The number of ether oxygens (including phenoxy) is 1. The Balaban J connectivity index is 1.73. The summed E-state index contributed by atoms with van der Waals surface area (Å²) in [6, 6.07) is 11.9. The Morgan fingerprint density at radius 2 is 2.09 bits per heavy atom. The Hall–Kier alpha value is -2.05. The summed E-state index contributed by atoms with van der Waals surface area (Å²) in [5, 5.41) is 0.689. The molecule has 6 heteroatoms. The van der Waals surface area contributed by atoms with Gasteiger partial charge in [0, 0.05) is 10.5 Å². The number of nitrogens with zero attached hydrogens (tertiary/aromatic N) is 1. The van der Waals surface area contributed by atoms with Gasteiger partial charge in [0.05, 0.1) is 10.2 Å². The number of aromatic nitrogens is 1. The maximum Gasteiger partial charge on any atom is 0.336 e. The van der Waals surface area contributed by atoms with Crippen LogP contribution in [0.2, 0.25) is 0 Å². The van der Waals surface area contributed by atoms with Gasteiger partial charge >= 0.3 is 5.97 Å². The summed E-state index contributed by atoms with van der Waals surface area (Å²) in [7, 11) is 0. The molecule has 0 fully saturated rings. The first kappa shape index (κ1) is 14.9. The lowest BCUT2D eigenvalue weighted by atomic mass is 10.3. The number of fused-ring (bicyclic) bond motifs is 1. The highest BCUT2D eigenvalue weighted by Gasteiger charge is 2.08. The van der Waals surface area contributed by atoms with Crippen molar-refractivity contribution in [2.24, 2.45) is 0 Å². The first-order valence-electron chi connectivity index (χ1n) is 6.32. The van der Waals surface area contributed by atoms with E-state index in [0.717, 1.165) is 10.2 Å². The average molecular weight is 378 g/mol. The molecule has 0 aliphatic carbocycles. The number of rotatable bonds is 3. The van der Waals surface area contributed by atoms with E-state index in [2.05, 4.69) is 20.9 Å². The van der Waals surface area contributed by atoms with Crippen LogP contribution in [0, 0.1) is 5.82 Å². The molecule has 0 amide bonds. The molecular weight excluding hydrogens is 369 g/mol. The molecule has 1 heterocycles. The lowest BCUT2D eigenvalue weighted by Gasteiger charge is -2.02. The van der Waals surface area contributed by atoms with Gasteiger partial charge in [0.25, 0.3) is 0 Å². The van der Waals surface area contributed by atoms with Crippen LogP contribution in [0.4, 0.5) is 4.39 Å². The molecule has 110 valence electrons. The fourth-order valence-electron chi connectivity index (χ4n) is 1.80. The van der Waals surface area contributed by atoms with Gasteiger partial charge in [0.2, 0.25) is 0 Å². The van der Waals surface area contributed by atoms with Gasteiger partial charge in [-0.15, -0.1) is 11.3 Å². The maximum atomic E-state index is 13.6. The van der Waals surface area contributed by atoms with E-state index >= 15 is 0 Å². The zero-order valence-corrected chi connectivity index (χ0v) is 13.5. The lowest BCUT2D eigenvalue weighted by molar-refractivity contribution is -0.129. The van der Waals surface area contributed by atoms with E-state index < -0.39 is 11.8 Å². The second-order valence-corrected chi connectivity index (χ2v) is 6.33. The summed E-state index contributed by atoms with van der Waals surface area (Å²) in [6.45, 7) is 0. The molecular formula is C16H9BrFNO2S. The number of thiazole rings is 1. The Kier molecular flexibility index (Phi) is 4.31. The van der Waals surface area contributed by atoms with E-state index in [1.807, 2.05) is 24.3 Å². The monoisotopic (exact) mass is 377 g/mol. The number of para-hydroxylation sites is 1. The molecule has 3 nitrogen and oxygen atoms in total. The Labute approximate surface area is 138 Å². The zero-order valence-electron chi connectivity index (χ0n) is 11.1. The quantitative estimate of drug-likeness (QED) is 0.373. The van der Waals surface area contributed by atoms with Crippen molar-refractivity contribution in [1.29, 1.82) is 0 Å². The minimum absolute atomic E-state index is 0.109. The Morgan fingerprint density at radius 3 is 2.86 bits per heavy atom. The smallest absolute Gasteiger partial charge is 0.336 e. The van der Waals surface area contributed by atoms with Crippen LogP contribution in [0.25, 0.3) is 16.3 Å². The van der Waals surface area contributed by atoms with Crippen LogP contribution < -0.4 is 4.74 Å². The van der Waals surface area contributed by atoms with Crippen molar-refractivity contribution < 1.29 is 13.9 Å². The van der Waals surface area contributed by atoms with E-state index in [-0.39, 0.29) is 5.75 Å². The molecule has 0 bridgehead atoms. The summed E-state index contributed by atoms with van der Waals surface area (Å²) in [5.74, 6) is -1.36. The highest BCUT2D eigenvalue weighted by atomic mass is 79.9. The molecule has 0 saturated carbocycles. The standard InChI is InChI=1S/C16H9BrFNO2S/c17-10-5-6-13(11(18)9-10)21-16(20)8-7-15-19-12-3-1-2-4-14(12)22-15/h1-9H/b8-7+. The summed E-state index contributed by atoms with van der Waals surface area (Å²) in [5.41, 5.74) is 0.875. The third kappa shape index (κ3) is 3.40. The van der Waals surface area contributed by atoms with Gasteiger partial charge in [-0.1, -0.05) is 28.1 Å². The number of carbonyl (C=O) groups is 1. The number of halogens is 2. The van der Waals surface area contributed by atoms with Crippen molar-refractivity contribution in [3.63, 3.8) is 0 Å². The number of esters is 1. The van der Waals surface area contributed by atoms with Gasteiger partial charge in [-0.3, -0.25) is 0 Å². The van der Waals surface area contributed by atoms with E-state index in [0.29, 0.717) is 9.48 Å². The predicted octanol–water partition coefficient (Wildman–Crippen LogP) is 4.82. The molecule has 0 atom stereocenters. The van der Waals surface area contributed by atoms with E-state index in [1.165, 1.54) is 29.5 Å². The molecule has 1 aromatic heterocycles. The topological polar surface area (TPSA) is 39.2 Å². The van der Waals surface area contributed by atoms with E-state index in [1.54, 1.807) is 12.1 Å². The van der Waals surface area contributed by atoms with Crippen LogP contribution in [0.1, 0.15) is 5.01 Å².